The van der Waals surface area contributed by atoms with Crippen molar-refractivity contribution in [3.05, 3.63) is 24.8 Å². The second kappa shape index (κ2) is 24.1. The van der Waals surface area contributed by atoms with Gasteiger partial charge in [-0.05, 0) is 32.1 Å². The summed E-state index contributed by atoms with van der Waals surface area (Å²) in [5.41, 5.74) is 0. The summed E-state index contributed by atoms with van der Waals surface area (Å²) in [5, 5.41) is 8.99. The van der Waals surface area contributed by atoms with Gasteiger partial charge in [0.1, 0.15) is 6.61 Å². The second-order valence-corrected chi connectivity index (χ2v) is 9.00. The molecule has 4 heteroatoms. The second-order valence-electron chi connectivity index (χ2n) is 9.00. The zero-order valence-electron chi connectivity index (χ0n) is 20.8. The summed E-state index contributed by atoms with van der Waals surface area (Å²) in [6.45, 7) is 5.92. The van der Waals surface area contributed by atoms with Crippen LogP contribution in [-0.2, 0) is 14.3 Å². The number of allylic oxidation sites excluding steroid dienone is 2. The van der Waals surface area contributed by atoms with Gasteiger partial charge >= 0.3 is 11.9 Å². The molecule has 0 aromatic heterocycles. The maximum atomic E-state index is 11.9. The molecule has 0 amide bonds. The number of aliphatic carboxylic acids is 1. The van der Waals surface area contributed by atoms with Gasteiger partial charge in [0, 0.05) is 0 Å². The molecule has 32 heavy (non-hydrogen) atoms. The molecule has 1 N–H and O–H groups in total. The molecule has 1 atom stereocenters. The van der Waals surface area contributed by atoms with Crippen LogP contribution in [0.25, 0.3) is 0 Å². The summed E-state index contributed by atoms with van der Waals surface area (Å²) in [4.78, 5) is 22.9. The first-order valence-corrected chi connectivity index (χ1v) is 13.3. The van der Waals surface area contributed by atoms with E-state index < -0.39 is 17.9 Å². The Hall–Kier alpha value is -1.58. The molecule has 0 aliphatic carbocycles. The predicted molar refractivity (Wildman–Crippen MR) is 135 cm³/mol. The van der Waals surface area contributed by atoms with Gasteiger partial charge in [-0.1, -0.05) is 115 Å². The largest absolute Gasteiger partial charge is 0.481 e. The van der Waals surface area contributed by atoms with Crippen LogP contribution < -0.4 is 0 Å². The molecule has 0 rings (SSSR count). The Morgan fingerprint density at radius 2 is 1.25 bits per heavy atom. The number of hydrogen-bond acceptors (Lipinski definition) is 3. The van der Waals surface area contributed by atoms with Crippen LogP contribution in [0.2, 0.25) is 0 Å². The van der Waals surface area contributed by atoms with Crippen molar-refractivity contribution in [3.8, 4) is 0 Å². The number of rotatable bonds is 24. The first-order chi connectivity index (χ1) is 15.6. The molecule has 0 aromatic rings. The number of carboxylic acid groups (broad SMARTS) is 1. The van der Waals surface area contributed by atoms with E-state index in [1.54, 1.807) is 0 Å². The van der Waals surface area contributed by atoms with Gasteiger partial charge in [-0.15, -0.1) is 0 Å². The first kappa shape index (κ1) is 30.4. The number of esters is 1. The van der Waals surface area contributed by atoms with Gasteiger partial charge < -0.3 is 9.84 Å². The Morgan fingerprint density at radius 3 is 1.72 bits per heavy atom. The highest BCUT2D eigenvalue weighted by Gasteiger charge is 2.22. The van der Waals surface area contributed by atoms with E-state index in [1.165, 1.54) is 96.0 Å². The van der Waals surface area contributed by atoms with Gasteiger partial charge in [0.25, 0.3) is 0 Å². The van der Waals surface area contributed by atoms with Crippen LogP contribution in [0.1, 0.15) is 129 Å². The van der Waals surface area contributed by atoms with E-state index >= 15 is 0 Å². The van der Waals surface area contributed by atoms with E-state index in [0.717, 1.165) is 19.3 Å². The monoisotopic (exact) mass is 450 g/mol. The first-order valence-electron chi connectivity index (χ1n) is 13.3. The molecule has 0 aliphatic rings. The Labute approximate surface area is 197 Å². The van der Waals surface area contributed by atoms with E-state index in [-0.39, 0.29) is 13.0 Å². The van der Waals surface area contributed by atoms with Crippen LogP contribution >= 0.6 is 0 Å². The van der Waals surface area contributed by atoms with E-state index in [2.05, 4.69) is 25.7 Å². The molecule has 0 saturated carbocycles. The molecule has 1 unspecified atom stereocenters. The number of ether oxygens (including phenoxy) is 1. The average molecular weight is 451 g/mol. The molecule has 4 nitrogen and oxygen atoms in total. The number of carbonyl (C=O) groups is 2. The summed E-state index contributed by atoms with van der Waals surface area (Å²) >= 11 is 0. The van der Waals surface area contributed by atoms with Crippen molar-refractivity contribution >= 4 is 11.9 Å². The Kier molecular flexibility index (Phi) is 22.9. The van der Waals surface area contributed by atoms with Gasteiger partial charge in [-0.25, -0.2) is 0 Å². The SMILES string of the molecule is C=CCOC(=O)C(CCCCCCCCCCC/C=C/CCCCCCCC)CC(=O)O. The third-order valence-corrected chi connectivity index (χ3v) is 5.91. The fraction of sp³-hybridized carbons (Fsp3) is 0.786. The molecule has 0 aliphatic heterocycles. The van der Waals surface area contributed by atoms with E-state index in [9.17, 15) is 9.59 Å². The van der Waals surface area contributed by atoms with Gasteiger partial charge in [0.2, 0.25) is 0 Å². The quantitative estimate of drug-likeness (QED) is 0.0910. The van der Waals surface area contributed by atoms with Gasteiger partial charge in [-0.3, -0.25) is 9.59 Å². The van der Waals surface area contributed by atoms with Gasteiger partial charge in [0.15, 0.2) is 0 Å². The number of carboxylic acids is 1. The van der Waals surface area contributed by atoms with Crippen molar-refractivity contribution < 1.29 is 19.4 Å². The van der Waals surface area contributed by atoms with Crippen molar-refractivity contribution in [2.75, 3.05) is 6.61 Å². The lowest BCUT2D eigenvalue weighted by molar-refractivity contribution is -0.152. The molecule has 0 radical (unpaired) electrons. The summed E-state index contributed by atoms with van der Waals surface area (Å²) in [7, 11) is 0. The lowest BCUT2D eigenvalue weighted by Gasteiger charge is -2.13. The fourth-order valence-corrected chi connectivity index (χ4v) is 3.94. The van der Waals surface area contributed by atoms with Crippen molar-refractivity contribution in [1.29, 1.82) is 0 Å². The third kappa shape index (κ3) is 21.6. The molecule has 186 valence electrons. The predicted octanol–water partition coefficient (Wildman–Crippen LogP) is 8.40. The van der Waals surface area contributed by atoms with Gasteiger partial charge in [-0.2, -0.15) is 0 Å². The van der Waals surface area contributed by atoms with Crippen LogP contribution in [0.4, 0.5) is 0 Å². The topological polar surface area (TPSA) is 63.6 Å². The molecule has 0 spiro atoms. The highest BCUT2D eigenvalue weighted by atomic mass is 16.5. The molecular formula is C28H50O4. The van der Waals surface area contributed by atoms with E-state index in [1.807, 2.05) is 0 Å². The van der Waals surface area contributed by atoms with Crippen molar-refractivity contribution in [2.24, 2.45) is 5.92 Å². The van der Waals surface area contributed by atoms with Crippen LogP contribution in [0.3, 0.4) is 0 Å². The van der Waals surface area contributed by atoms with Crippen LogP contribution in [0.5, 0.6) is 0 Å². The number of unbranched alkanes of at least 4 members (excludes halogenated alkanes) is 15. The zero-order chi connectivity index (χ0) is 23.7. The lowest BCUT2D eigenvalue weighted by Crippen LogP contribution is -2.21. The maximum absolute atomic E-state index is 11.9. The Morgan fingerprint density at radius 1 is 0.781 bits per heavy atom. The molecular weight excluding hydrogens is 400 g/mol. The smallest absolute Gasteiger partial charge is 0.309 e. The van der Waals surface area contributed by atoms with Crippen LogP contribution in [0, 0.1) is 5.92 Å². The summed E-state index contributed by atoms with van der Waals surface area (Å²) < 4.78 is 5.02. The maximum Gasteiger partial charge on any atom is 0.309 e. The van der Waals surface area contributed by atoms with Gasteiger partial charge in [0.05, 0.1) is 12.3 Å². The number of hydrogen-bond donors (Lipinski definition) is 1. The van der Waals surface area contributed by atoms with E-state index in [4.69, 9.17) is 9.84 Å². The highest BCUT2D eigenvalue weighted by molar-refractivity contribution is 5.79. The van der Waals surface area contributed by atoms with Crippen molar-refractivity contribution in [3.63, 3.8) is 0 Å². The highest BCUT2D eigenvalue weighted by Crippen LogP contribution is 2.18. The molecule has 0 heterocycles. The summed E-state index contributed by atoms with van der Waals surface area (Å²) in [5.74, 6) is -1.89. The van der Waals surface area contributed by atoms with E-state index in [0.29, 0.717) is 6.42 Å². The summed E-state index contributed by atoms with van der Waals surface area (Å²) in [6, 6.07) is 0. The molecule has 0 saturated heterocycles. The minimum absolute atomic E-state index is 0.143. The third-order valence-electron chi connectivity index (χ3n) is 5.91. The van der Waals surface area contributed by atoms with Crippen LogP contribution in [0.15, 0.2) is 24.8 Å². The fourth-order valence-electron chi connectivity index (χ4n) is 3.94. The molecule has 0 aromatic carbocycles. The standard InChI is InChI=1S/C28H50O4/c1-3-5-6-7-8-9-10-11-12-13-14-15-16-17-18-19-20-21-22-23-26(25-27(29)30)28(31)32-24-4-2/h4,11-12,26H,2-3,5-10,13-25H2,1H3,(H,29,30)/b12-11+. The minimum Gasteiger partial charge on any atom is -0.481 e. The van der Waals surface area contributed by atoms with Crippen molar-refractivity contribution in [1.82, 2.24) is 0 Å². The lowest BCUT2D eigenvalue weighted by atomic mass is 9.97. The normalized spacial score (nSPS) is 12.2. The zero-order valence-corrected chi connectivity index (χ0v) is 20.8. The minimum atomic E-state index is -0.946. The average Bonchev–Trinajstić information content (AvgIpc) is 2.77. The van der Waals surface area contributed by atoms with Crippen LogP contribution in [-0.4, -0.2) is 23.7 Å². The summed E-state index contributed by atoms with van der Waals surface area (Å²) in [6.07, 6.45) is 28.3. The van der Waals surface area contributed by atoms with Crippen molar-refractivity contribution in [2.45, 2.75) is 129 Å². The Balaban J connectivity index is 3.48. The number of carbonyl (C=O) groups excluding carboxylic acids is 1. The molecule has 0 bridgehead atoms. The Bertz CT molecular complexity index is 484. The molecule has 0 fully saturated rings.